The van der Waals surface area contributed by atoms with Crippen LogP contribution in [-0.4, -0.2) is 90.4 Å². The number of hydrogen-bond acceptors (Lipinski definition) is 9. The predicted molar refractivity (Wildman–Crippen MR) is 228 cm³/mol. The minimum absolute atomic E-state index is 0.145. The maximum atomic E-state index is 13.2. The molecule has 2 fully saturated rings. The first-order chi connectivity index (χ1) is 27.4. The molecule has 2 atom stereocenters. The Morgan fingerprint density at radius 1 is 0.759 bits per heavy atom. The van der Waals surface area contributed by atoms with Crippen molar-refractivity contribution < 1.29 is 23.8 Å². The van der Waals surface area contributed by atoms with Crippen molar-refractivity contribution in [3.8, 4) is 33.8 Å². The third kappa shape index (κ3) is 9.61. The molecule has 3 aromatic heterocycles. The van der Waals surface area contributed by atoms with Crippen molar-refractivity contribution in [2.75, 3.05) is 19.7 Å². The number of nitrogens with one attached hydrogen (secondary N) is 1. The molecule has 2 aliphatic heterocycles. The van der Waals surface area contributed by atoms with E-state index in [1.165, 1.54) is 0 Å². The van der Waals surface area contributed by atoms with Crippen LogP contribution in [-0.2, 0) is 20.9 Å². The molecule has 2 amide bonds. The standard InChI is InChI=1S/C44H58N8O5Si/c1-43(2,3)56-41(53)50-20-10-12-35(50)39-48-33-19-18-31(24-34(33)49-39)29-14-16-30(17-15-29)38-45-25-32(26-46-38)37-27-47-40(52(37)28-55-22-23-58(7,8)9)36-13-11-21-51(36)42(54)57-44(4,5)6/h14-19,24-27,35-36H,10-13,20-23,28H2,1-9H3,(H,48,49)/t35-,36-/m0/s1. The average Bonchev–Trinajstić information content (AvgIpc) is 3.97. The van der Waals surface area contributed by atoms with E-state index in [2.05, 4.69) is 53.5 Å². The van der Waals surface area contributed by atoms with Gasteiger partial charge in [-0.25, -0.2) is 29.5 Å². The maximum absolute atomic E-state index is 13.2. The number of likely N-dealkylation sites (tertiary alicyclic amines) is 2. The lowest BCUT2D eigenvalue weighted by atomic mass is 10.0. The van der Waals surface area contributed by atoms with Gasteiger partial charge in [0.05, 0.1) is 35.0 Å². The van der Waals surface area contributed by atoms with Crippen LogP contribution in [0.1, 0.15) is 91.0 Å². The molecule has 308 valence electrons. The number of H-pyrrole nitrogens is 1. The number of hydrogen-bond donors (Lipinski definition) is 1. The molecule has 2 aromatic carbocycles. The molecule has 1 N–H and O–H groups in total. The number of aromatic amines is 1. The lowest BCUT2D eigenvalue weighted by Gasteiger charge is -2.29. The highest BCUT2D eigenvalue weighted by atomic mass is 28.3. The minimum Gasteiger partial charge on any atom is -0.444 e. The molecular formula is C44H58N8O5Si. The molecule has 0 bridgehead atoms. The summed E-state index contributed by atoms with van der Waals surface area (Å²) in [5.74, 6) is 2.16. The fraction of sp³-hybridized carbons (Fsp3) is 0.500. The molecule has 2 saturated heterocycles. The third-order valence-corrected chi connectivity index (χ3v) is 12.1. The Bertz CT molecular complexity index is 2230. The zero-order valence-electron chi connectivity index (χ0n) is 35.5. The zero-order valence-corrected chi connectivity index (χ0v) is 36.5. The summed E-state index contributed by atoms with van der Waals surface area (Å²) in [6.45, 7) is 20.6. The molecule has 0 aliphatic carbocycles. The molecule has 0 saturated carbocycles. The molecule has 0 radical (unpaired) electrons. The highest BCUT2D eigenvalue weighted by Crippen LogP contribution is 2.36. The summed E-state index contributed by atoms with van der Waals surface area (Å²) in [7, 11) is -1.29. The predicted octanol–water partition coefficient (Wildman–Crippen LogP) is 10.0. The second-order valence-corrected chi connectivity index (χ2v) is 24.3. The van der Waals surface area contributed by atoms with E-state index in [1.807, 2.05) is 78.3 Å². The van der Waals surface area contributed by atoms with E-state index in [1.54, 1.807) is 9.80 Å². The molecule has 5 heterocycles. The lowest BCUT2D eigenvalue weighted by Crippen LogP contribution is -2.37. The molecule has 13 nitrogen and oxygen atoms in total. The van der Waals surface area contributed by atoms with Crippen LogP contribution in [0.5, 0.6) is 0 Å². The van der Waals surface area contributed by atoms with Crippen LogP contribution >= 0.6 is 0 Å². The van der Waals surface area contributed by atoms with Gasteiger partial charge in [-0.15, -0.1) is 0 Å². The van der Waals surface area contributed by atoms with E-state index < -0.39 is 19.3 Å². The molecule has 0 spiro atoms. The quantitative estimate of drug-likeness (QED) is 0.108. The number of rotatable bonds is 10. The molecular weight excluding hydrogens is 749 g/mol. The van der Waals surface area contributed by atoms with Crippen molar-refractivity contribution in [3.63, 3.8) is 0 Å². The Balaban J connectivity index is 1.08. The van der Waals surface area contributed by atoms with Crippen molar-refractivity contribution in [2.24, 2.45) is 0 Å². The van der Waals surface area contributed by atoms with Gasteiger partial charge in [0.25, 0.3) is 0 Å². The summed E-state index contributed by atoms with van der Waals surface area (Å²) >= 11 is 0. The van der Waals surface area contributed by atoms with Gasteiger partial charge >= 0.3 is 12.2 Å². The van der Waals surface area contributed by atoms with Crippen LogP contribution in [0, 0.1) is 0 Å². The van der Waals surface area contributed by atoms with E-state index in [4.69, 9.17) is 34.1 Å². The average molecular weight is 807 g/mol. The summed E-state index contributed by atoms with van der Waals surface area (Å²) in [6.07, 6.45) is 8.26. The fourth-order valence-electron chi connectivity index (χ4n) is 7.51. The van der Waals surface area contributed by atoms with Gasteiger partial charge < -0.3 is 23.8 Å². The Hall–Kier alpha value is -5.08. The first-order valence-electron chi connectivity index (χ1n) is 20.5. The number of carbonyl (C=O) groups excluding carboxylic acids is 2. The van der Waals surface area contributed by atoms with Crippen molar-refractivity contribution in [1.29, 1.82) is 0 Å². The van der Waals surface area contributed by atoms with Crippen LogP contribution in [0.25, 0.3) is 44.8 Å². The summed E-state index contributed by atoms with van der Waals surface area (Å²) in [6, 6.07) is 15.1. The zero-order chi connectivity index (χ0) is 41.4. The first-order valence-corrected chi connectivity index (χ1v) is 24.2. The highest BCUT2D eigenvalue weighted by Gasteiger charge is 2.37. The van der Waals surface area contributed by atoms with Crippen LogP contribution < -0.4 is 0 Å². The summed E-state index contributed by atoms with van der Waals surface area (Å²) in [4.78, 5) is 52.5. The van der Waals surface area contributed by atoms with Gasteiger partial charge in [-0.05, 0) is 96.5 Å². The second-order valence-electron chi connectivity index (χ2n) is 18.7. The number of carbonyl (C=O) groups is 2. The summed E-state index contributed by atoms with van der Waals surface area (Å²) < 4.78 is 19.8. The number of amides is 2. The van der Waals surface area contributed by atoms with Gasteiger partial charge in [-0.2, -0.15) is 0 Å². The molecule has 14 heteroatoms. The monoisotopic (exact) mass is 806 g/mol. The molecule has 7 rings (SSSR count). The van der Waals surface area contributed by atoms with Gasteiger partial charge in [0.15, 0.2) is 5.82 Å². The van der Waals surface area contributed by atoms with E-state index in [-0.39, 0.29) is 24.3 Å². The highest BCUT2D eigenvalue weighted by molar-refractivity contribution is 6.76. The molecule has 5 aromatic rings. The fourth-order valence-corrected chi connectivity index (χ4v) is 8.27. The number of imidazole rings is 2. The van der Waals surface area contributed by atoms with Crippen molar-refractivity contribution in [2.45, 2.75) is 123 Å². The normalized spacial score (nSPS) is 17.7. The first kappa shape index (κ1) is 41.1. The Morgan fingerprint density at radius 2 is 1.34 bits per heavy atom. The van der Waals surface area contributed by atoms with Crippen LogP contribution in [0.15, 0.2) is 61.1 Å². The van der Waals surface area contributed by atoms with Gasteiger partial charge in [0.2, 0.25) is 0 Å². The number of nitrogens with zero attached hydrogens (tertiary/aromatic N) is 7. The Labute approximate surface area is 342 Å². The van der Waals surface area contributed by atoms with E-state index in [0.717, 1.165) is 82.4 Å². The third-order valence-electron chi connectivity index (χ3n) is 10.4. The van der Waals surface area contributed by atoms with Gasteiger partial charge in [-0.1, -0.05) is 50.0 Å². The number of fused-ring (bicyclic) bond motifs is 1. The molecule has 58 heavy (non-hydrogen) atoms. The largest absolute Gasteiger partial charge is 0.444 e. The van der Waals surface area contributed by atoms with Crippen molar-refractivity contribution >= 4 is 31.3 Å². The van der Waals surface area contributed by atoms with Crippen LogP contribution in [0.2, 0.25) is 25.7 Å². The maximum Gasteiger partial charge on any atom is 0.410 e. The van der Waals surface area contributed by atoms with E-state index in [0.29, 0.717) is 32.3 Å². The molecule has 2 aliphatic rings. The van der Waals surface area contributed by atoms with Crippen LogP contribution in [0.3, 0.4) is 0 Å². The van der Waals surface area contributed by atoms with Gasteiger partial charge in [0, 0.05) is 51.3 Å². The van der Waals surface area contributed by atoms with Gasteiger partial charge in [-0.3, -0.25) is 9.80 Å². The number of benzene rings is 2. The SMILES string of the molecule is CC(C)(C)OC(=O)N1CCC[C@H]1c1nc2ccc(-c3ccc(-c4ncc(-c5cnc([C@@H]6CCCN6C(=O)OC(C)(C)C)n5COCC[Si](C)(C)C)cn4)cc3)cc2[nH]1. The smallest absolute Gasteiger partial charge is 0.410 e. The summed E-state index contributed by atoms with van der Waals surface area (Å²) in [5.41, 5.74) is 5.27. The Morgan fingerprint density at radius 3 is 1.97 bits per heavy atom. The van der Waals surface area contributed by atoms with E-state index in [9.17, 15) is 9.59 Å². The second kappa shape index (κ2) is 16.3. The Kier molecular flexibility index (Phi) is 11.5. The topological polar surface area (TPSA) is 141 Å². The lowest BCUT2D eigenvalue weighted by molar-refractivity contribution is 0.0199. The number of aromatic nitrogens is 6. The minimum atomic E-state index is -1.29. The number of ether oxygens (including phenoxy) is 3. The molecule has 0 unspecified atom stereocenters. The van der Waals surface area contributed by atoms with E-state index >= 15 is 0 Å². The van der Waals surface area contributed by atoms with Crippen molar-refractivity contribution in [3.05, 3.63) is 72.7 Å². The van der Waals surface area contributed by atoms with Crippen molar-refractivity contribution in [1.82, 2.24) is 39.3 Å². The van der Waals surface area contributed by atoms with Gasteiger partial charge in [0.1, 0.15) is 29.6 Å². The summed E-state index contributed by atoms with van der Waals surface area (Å²) in [5, 5.41) is 0. The van der Waals surface area contributed by atoms with Crippen LogP contribution in [0.4, 0.5) is 9.59 Å².